The number of pyridine rings is 1. The minimum absolute atomic E-state index is 0.0255. The number of nitrogens with one attached hydrogen (secondary N) is 1. The molecule has 1 heterocycles. The highest BCUT2D eigenvalue weighted by atomic mass is 32.2. The Labute approximate surface area is 214 Å². The van der Waals surface area contributed by atoms with Crippen molar-refractivity contribution in [3.05, 3.63) is 65.2 Å². The molecular formula is C25H24N6O3S2. The number of sulfonamides is 1. The second-order valence-corrected chi connectivity index (χ2v) is 10.5. The van der Waals surface area contributed by atoms with Gasteiger partial charge in [0.1, 0.15) is 28.5 Å². The van der Waals surface area contributed by atoms with Crippen molar-refractivity contribution in [3.8, 4) is 23.3 Å². The lowest BCUT2D eigenvalue weighted by Gasteiger charge is -2.18. The molecule has 11 heteroatoms. The van der Waals surface area contributed by atoms with Gasteiger partial charge < -0.3 is 11.1 Å². The fourth-order valence-corrected chi connectivity index (χ4v) is 5.02. The van der Waals surface area contributed by atoms with E-state index in [1.807, 2.05) is 38.1 Å². The van der Waals surface area contributed by atoms with Gasteiger partial charge in [-0.25, -0.2) is 18.5 Å². The van der Waals surface area contributed by atoms with E-state index in [1.165, 1.54) is 24.3 Å². The van der Waals surface area contributed by atoms with Gasteiger partial charge in [-0.05, 0) is 48.2 Å². The smallest absolute Gasteiger partial charge is 0.238 e. The lowest BCUT2D eigenvalue weighted by molar-refractivity contribution is -0.115. The molecule has 3 aromatic rings. The molecule has 1 aromatic heterocycles. The average molecular weight is 521 g/mol. The summed E-state index contributed by atoms with van der Waals surface area (Å²) in [7, 11) is -3.85. The van der Waals surface area contributed by atoms with Crippen molar-refractivity contribution >= 4 is 39.2 Å². The van der Waals surface area contributed by atoms with E-state index in [-0.39, 0.29) is 32.8 Å². The number of nitrogens with two attached hydrogens (primary N) is 2. The number of carbonyl (C=O) groups is 1. The topological polar surface area (TPSA) is 176 Å². The van der Waals surface area contributed by atoms with Gasteiger partial charge in [-0.15, -0.1) is 0 Å². The molecule has 0 saturated carbocycles. The van der Waals surface area contributed by atoms with Gasteiger partial charge in [-0.3, -0.25) is 4.79 Å². The van der Waals surface area contributed by atoms with Crippen LogP contribution in [0.25, 0.3) is 11.1 Å². The Balaban J connectivity index is 1.96. The minimum Gasteiger partial charge on any atom is -0.383 e. The number of aryl methyl sites for hydroxylation is 1. The highest BCUT2D eigenvalue weighted by molar-refractivity contribution is 8.00. The first-order chi connectivity index (χ1) is 17.1. The Bertz CT molecular complexity index is 1470. The number of carbonyl (C=O) groups excluding carboxylic acids is 1. The summed E-state index contributed by atoms with van der Waals surface area (Å²) in [6, 6.07) is 17.2. The van der Waals surface area contributed by atoms with Crippen molar-refractivity contribution in [1.29, 1.82) is 10.5 Å². The molecule has 36 heavy (non-hydrogen) atoms. The molecule has 0 bridgehead atoms. The van der Waals surface area contributed by atoms with Gasteiger partial charge in [0.15, 0.2) is 0 Å². The fraction of sp³-hybridized carbons (Fsp3) is 0.200. The quantitative estimate of drug-likeness (QED) is 0.376. The molecule has 0 spiro atoms. The van der Waals surface area contributed by atoms with Gasteiger partial charge in [-0.2, -0.15) is 10.5 Å². The molecule has 2 aromatic carbocycles. The Kier molecular flexibility index (Phi) is 8.33. The molecule has 1 atom stereocenters. The van der Waals surface area contributed by atoms with E-state index in [2.05, 4.69) is 22.4 Å². The van der Waals surface area contributed by atoms with E-state index >= 15 is 0 Å². The second kappa shape index (κ2) is 11.2. The van der Waals surface area contributed by atoms with Gasteiger partial charge >= 0.3 is 0 Å². The maximum Gasteiger partial charge on any atom is 0.238 e. The number of thioether (sulfide) groups is 1. The van der Waals surface area contributed by atoms with Crippen LogP contribution in [-0.2, 0) is 21.2 Å². The predicted molar refractivity (Wildman–Crippen MR) is 139 cm³/mol. The molecule has 0 radical (unpaired) electrons. The number of nitrogen functional groups attached to an aromatic ring is 1. The third-order valence-electron chi connectivity index (χ3n) is 5.43. The summed E-state index contributed by atoms with van der Waals surface area (Å²) in [6.07, 6.45) is 1.24. The van der Waals surface area contributed by atoms with Crippen molar-refractivity contribution in [2.45, 2.75) is 41.9 Å². The van der Waals surface area contributed by atoms with E-state index in [4.69, 9.17) is 10.9 Å². The number of rotatable bonds is 8. The molecule has 1 unspecified atom stereocenters. The summed E-state index contributed by atoms with van der Waals surface area (Å²) >= 11 is 1.07. The van der Waals surface area contributed by atoms with Crippen molar-refractivity contribution in [1.82, 2.24) is 4.98 Å². The second-order valence-electron chi connectivity index (χ2n) is 7.77. The van der Waals surface area contributed by atoms with Crippen LogP contribution in [0.15, 0.2) is 58.5 Å². The van der Waals surface area contributed by atoms with Crippen LogP contribution in [0.5, 0.6) is 0 Å². The fourth-order valence-electron chi connectivity index (χ4n) is 3.49. The number of amides is 1. The Hall–Kier alpha value is -3.90. The maximum atomic E-state index is 13.0. The summed E-state index contributed by atoms with van der Waals surface area (Å²) < 4.78 is 22.9. The monoisotopic (exact) mass is 520 g/mol. The summed E-state index contributed by atoms with van der Waals surface area (Å²) in [5, 5.41) is 27.2. The largest absolute Gasteiger partial charge is 0.383 e. The Morgan fingerprint density at radius 2 is 1.67 bits per heavy atom. The standard InChI is InChI=1S/C25H24N6O3S2/c1-3-15-5-7-16(8-6-15)22-19(13-26)23(28)31-25(20(22)14-27)35-21(4-2)24(32)30-17-9-11-18(12-10-17)36(29,33)34/h5-12,21H,3-4H2,1-2H3,(H2,28,31)(H,30,32)(H2,29,33,34). The zero-order valence-electron chi connectivity index (χ0n) is 19.6. The van der Waals surface area contributed by atoms with Gasteiger partial charge in [0.25, 0.3) is 0 Å². The minimum atomic E-state index is -3.85. The Morgan fingerprint density at radius 3 is 2.17 bits per heavy atom. The summed E-state index contributed by atoms with van der Waals surface area (Å²) in [6.45, 7) is 3.84. The van der Waals surface area contributed by atoms with Crippen molar-refractivity contribution in [3.63, 3.8) is 0 Å². The van der Waals surface area contributed by atoms with Crippen LogP contribution in [0.3, 0.4) is 0 Å². The van der Waals surface area contributed by atoms with Crippen LogP contribution in [0.4, 0.5) is 11.5 Å². The van der Waals surface area contributed by atoms with Crippen molar-refractivity contribution in [2.24, 2.45) is 5.14 Å². The highest BCUT2D eigenvalue weighted by Crippen LogP contribution is 2.37. The third kappa shape index (κ3) is 5.83. The maximum absolute atomic E-state index is 13.0. The zero-order valence-corrected chi connectivity index (χ0v) is 21.3. The van der Waals surface area contributed by atoms with E-state index in [9.17, 15) is 23.7 Å². The number of nitriles is 2. The Morgan fingerprint density at radius 1 is 1.06 bits per heavy atom. The average Bonchev–Trinajstić information content (AvgIpc) is 2.86. The third-order valence-corrected chi connectivity index (χ3v) is 7.71. The number of benzene rings is 2. The molecule has 3 rings (SSSR count). The number of anilines is 2. The van der Waals surface area contributed by atoms with Crippen LogP contribution in [-0.4, -0.2) is 24.6 Å². The molecule has 0 aliphatic rings. The molecule has 5 N–H and O–H groups in total. The summed E-state index contributed by atoms with van der Waals surface area (Å²) in [4.78, 5) is 17.2. The van der Waals surface area contributed by atoms with Gasteiger partial charge in [0.2, 0.25) is 15.9 Å². The summed E-state index contributed by atoms with van der Waals surface area (Å²) in [5.41, 5.74) is 8.90. The van der Waals surface area contributed by atoms with Crippen LogP contribution < -0.4 is 16.2 Å². The molecule has 0 fully saturated rings. The van der Waals surface area contributed by atoms with Crippen LogP contribution in [0, 0.1) is 22.7 Å². The predicted octanol–water partition coefficient (Wildman–Crippen LogP) is 3.79. The number of hydrogen-bond acceptors (Lipinski definition) is 8. The van der Waals surface area contributed by atoms with E-state index in [0.717, 1.165) is 23.7 Å². The van der Waals surface area contributed by atoms with Crippen LogP contribution in [0.1, 0.15) is 37.0 Å². The first-order valence-corrected chi connectivity index (χ1v) is 13.4. The molecule has 1 amide bonds. The zero-order chi connectivity index (χ0) is 26.5. The number of nitrogens with zero attached hydrogens (tertiary/aromatic N) is 3. The SMILES string of the molecule is CCc1ccc(-c2c(C#N)c(N)nc(SC(CC)C(=O)Nc3ccc(S(N)(=O)=O)cc3)c2C#N)cc1. The van der Waals surface area contributed by atoms with Crippen molar-refractivity contribution < 1.29 is 13.2 Å². The first-order valence-electron chi connectivity index (χ1n) is 11.0. The van der Waals surface area contributed by atoms with Crippen LogP contribution >= 0.6 is 11.8 Å². The molecule has 9 nitrogen and oxygen atoms in total. The van der Waals surface area contributed by atoms with E-state index < -0.39 is 15.3 Å². The lowest BCUT2D eigenvalue weighted by atomic mass is 9.96. The highest BCUT2D eigenvalue weighted by Gasteiger charge is 2.25. The normalized spacial score (nSPS) is 11.8. The van der Waals surface area contributed by atoms with E-state index in [0.29, 0.717) is 23.2 Å². The molecule has 0 aliphatic heterocycles. The van der Waals surface area contributed by atoms with Gasteiger partial charge in [0.05, 0.1) is 15.7 Å². The van der Waals surface area contributed by atoms with Crippen molar-refractivity contribution in [2.75, 3.05) is 11.1 Å². The van der Waals surface area contributed by atoms with Gasteiger partial charge in [0, 0.05) is 11.3 Å². The number of hydrogen-bond donors (Lipinski definition) is 3. The molecule has 0 saturated heterocycles. The number of aromatic nitrogens is 1. The number of primary sulfonamides is 1. The lowest BCUT2D eigenvalue weighted by Crippen LogP contribution is -2.25. The first kappa shape index (κ1) is 26.7. The molecule has 0 aliphatic carbocycles. The molecular weight excluding hydrogens is 496 g/mol. The summed E-state index contributed by atoms with van der Waals surface area (Å²) in [5.74, 6) is -0.393. The van der Waals surface area contributed by atoms with Gasteiger partial charge in [-0.1, -0.05) is 49.9 Å². The van der Waals surface area contributed by atoms with E-state index in [1.54, 1.807) is 0 Å². The molecule has 184 valence electrons. The van der Waals surface area contributed by atoms with Crippen LogP contribution in [0.2, 0.25) is 0 Å².